The zero-order valence-electron chi connectivity index (χ0n) is 18.9. The molecule has 2 aromatic carbocycles. The topological polar surface area (TPSA) is 105 Å². The van der Waals surface area contributed by atoms with Crippen LogP contribution < -0.4 is 15.4 Å². The molecule has 1 aliphatic rings. The summed E-state index contributed by atoms with van der Waals surface area (Å²) < 4.78 is 34.5. The standard InChI is InChI=1S/C25H28F2N2O5/c1-2-15-3-5-16(6-4-15)23(30)28-13-14-29-24(31)19-11-12-20(22(27)21(19)26)34-18-9-7-17(8-10-18)25(32)33/h3-6,11-12,17-18H,2,7-10,13-14H2,1H3,(H,28,30)(H,29,31)(H,32,33). The van der Waals surface area contributed by atoms with Crippen molar-refractivity contribution in [3.8, 4) is 5.75 Å². The summed E-state index contributed by atoms with van der Waals surface area (Å²) in [5.41, 5.74) is 1.13. The highest BCUT2D eigenvalue weighted by atomic mass is 19.2. The largest absolute Gasteiger partial charge is 0.487 e. The van der Waals surface area contributed by atoms with E-state index in [2.05, 4.69) is 10.6 Å². The highest BCUT2D eigenvalue weighted by molar-refractivity contribution is 5.95. The van der Waals surface area contributed by atoms with Crippen molar-refractivity contribution < 1.29 is 33.0 Å². The molecular formula is C25H28F2N2O5. The van der Waals surface area contributed by atoms with E-state index in [0.717, 1.165) is 18.1 Å². The molecule has 0 saturated heterocycles. The third kappa shape index (κ3) is 6.30. The van der Waals surface area contributed by atoms with Gasteiger partial charge in [0.2, 0.25) is 5.82 Å². The number of hydrogen-bond donors (Lipinski definition) is 3. The molecule has 2 aromatic rings. The van der Waals surface area contributed by atoms with Gasteiger partial charge in [-0.25, -0.2) is 4.39 Å². The maximum absolute atomic E-state index is 14.5. The summed E-state index contributed by atoms with van der Waals surface area (Å²) >= 11 is 0. The Morgan fingerprint density at radius 1 is 0.912 bits per heavy atom. The van der Waals surface area contributed by atoms with Crippen molar-refractivity contribution in [1.29, 1.82) is 0 Å². The van der Waals surface area contributed by atoms with Gasteiger partial charge in [0.05, 0.1) is 17.6 Å². The molecule has 9 heteroatoms. The van der Waals surface area contributed by atoms with E-state index in [4.69, 9.17) is 9.84 Å². The van der Waals surface area contributed by atoms with Gasteiger partial charge < -0.3 is 20.5 Å². The van der Waals surface area contributed by atoms with Gasteiger partial charge in [0, 0.05) is 18.7 Å². The van der Waals surface area contributed by atoms with Crippen LogP contribution >= 0.6 is 0 Å². The Labute approximate surface area is 196 Å². The van der Waals surface area contributed by atoms with Gasteiger partial charge in [-0.05, 0) is 61.9 Å². The highest BCUT2D eigenvalue weighted by Gasteiger charge is 2.28. The molecule has 0 spiro atoms. The number of carbonyl (C=O) groups excluding carboxylic acids is 2. The van der Waals surface area contributed by atoms with Crippen LogP contribution in [0.5, 0.6) is 5.75 Å². The Kier molecular flexibility index (Phi) is 8.56. The SMILES string of the molecule is CCc1ccc(C(=O)NCCNC(=O)c2ccc(OC3CCC(C(=O)O)CC3)c(F)c2F)cc1. The second-order valence-corrected chi connectivity index (χ2v) is 8.23. The number of halogens is 2. The maximum atomic E-state index is 14.5. The monoisotopic (exact) mass is 474 g/mol. The van der Waals surface area contributed by atoms with Crippen LogP contribution in [0.1, 0.15) is 58.9 Å². The molecule has 1 aliphatic carbocycles. The van der Waals surface area contributed by atoms with E-state index in [-0.39, 0.29) is 24.7 Å². The maximum Gasteiger partial charge on any atom is 0.306 e. The summed E-state index contributed by atoms with van der Waals surface area (Å²) in [5, 5.41) is 14.2. The molecule has 0 radical (unpaired) electrons. The quantitative estimate of drug-likeness (QED) is 0.481. The van der Waals surface area contributed by atoms with Gasteiger partial charge in [-0.2, -0.15) is 4.39 Å². The van der Waals surface area contributed by atoms with Crippen LogP contribution in [0, 0.1) is 17.6 Å². The highest BCUT2D eigenvalue weighted by Crippen LogP contribution is 2.30. The minimum Gasteiger partial charge on any atom is -0.487 e. The number of carboxylic acids is 1. The first-order chi connectivity index (χ1) is 16.3. The van der Waals surface area contributed by atoms with E-state index in [1.165, 1.54) is 6.07 Å². The molecule has 1 fully saturated rings. The van der Waals surface area contributed by atoms with E-state index < -0.39 is 41.1 Å². The molecule has 0 bridgehead atoms. The molecule has 0 atom stereocenters. The molecule has 0 heterocycles. The van der Waals surface area contributed by atoms with Crippen LogP contribution in [0.15, 0.2) is 36.4 Å². The molecule has 1 saturated carbocycles. The van der Waals surface area contributed by atoms with Gasteiger partial charge in [-0.1, -0.05) is 19.1 Å². The Morgan fingerprint density at radius 2 is 1.53 bits per heavy atom. The summed E-state index contributed by atoms with van der Waals surface area (Å²) in [4.78, 5) is 35.4. The van der Waals surface area contributed by atoms with Gasteiger partial charge in [0.1, 0.15) is 0 Å². The molecule has 2 amide bonds. The molecule has 3 N–H and O–H groups in total. The third-order valence-electron chi connectivity index (χ3n) is 5.93. The fourth-order valence-electron chi connectivity index (χ4n) is 3.85. The smallest absolute Gasteiger partial charge is 0.306 e. The summed E-state index contributed by atoms with van der Waals surface area (Å²) in [6.07, 6.45) is 2.12. The fraction of sp³-hybridized carbons (Fsp3) is 0.400. The average molecular weight is 475 g/mol. The number of nitrogens with one attached hydrogen (secondary N) is 2. The zero-order valence-corrected chi connectivity index (χ0v) is 18.9. The third-order valence-corrected chi connectivity index (χ3v) is 5.93. The number of aliphatic carboxylic acids is 1. The number of amides is 2. The number of aryl methyl sites for hydroxylation is 1. The lowest BCUT2D eigenvalue weighted by Crippen LogP contribution is -2.35. The molecule has 3 rings (SSSR count). The number of ether oxygens (including phenoxy) is 1. The van der Waals surface area contributed by atoms with Crippen LogP contribution in [0.2, 0.25) is 0 Å². The van der Waals surface area contributed by atoms with Gasteiger partial charge in [-0.3, -0.25) is 14.4 Å². The van der Waals surface area contributed by atoms with E-state index in [1.54, 1.807) is 12.1 Å². The van der Waals surface area contributed by atoms with E-state index >= 15 is 0 Å². The van der Waals surface area contributed by atoms with Crippen molar-refractivity contribution in [2.45, 2.75) is 45.1 Å². The van der Waals surface area contributed by atoms with Crippen LogP contribution in [-0.4, -0.2) is 42.1 Å². The molecule has 34 heavy (non-hydrogen) atoms. The lowest BCUT2D eigenvalue weighted by molar-refractivity contribution is -0.143. The molecule has 0 unspecified atom stereocenters. The van der Waals surface area contributed by atoms with E-state index in [9.17, 15) is 23.2 Å². The molecule has 7 nitrogen and oxygen atoms in total. The number of carboxylic acid groups (broad SMARTS) is 1. The van der Waals surface area contributed by atoms with E-state index in [1.807, 2.05) is 19.1 Å². The lowest BCUT2D eigenvalue weighted by atomic mass is 9.87. The first kappa shape index (κ1) is 25.1. The fourth-order valence-corrected chi connectivity index (χ4v) is 3.85. The van der Waals surface area contributed by atoms with Gasteiger partial charge >= 0.3 is 5.97 Å². The van der Waals surface area contributed by atoms with Crippen molar-refractivity contribution in [3.05, 3.63) is 64.7 Å². The molecule has 182 valence electrons. The van der Waals surface area contributed by atoms with Gasteiger partial charge in [0.15, 0.2) is 11.6 Å². The van der Waals surface area contributed by atoms with Crippen molar-refractivity contribution in [2.24, 2.45) is 5.92 Å². The van der Waals surface area contributed by atoms with E-state index in [0.29, 0.717) is 31.2 Å². The number of hydrogen-bond acceptors (Lipinski definition) is 4. The summed E-state index contributed by atoms with van der Waals surface area (Å²) in [6.45, 7) is 2.16. The first-order valence-corrected chi connectivity index (χ1v) is 11.3. The predicted molar refractivity (Wildman–Crippen MR) is 121 cm³/mol. The number of carbonyl (C=O) groups is 3. The van der Waals surface area contributed by atoms with Crippen molar-refractivity contribution in [2.75, 3.05) is 13.1 Å². The van der Waals surface area contributed by atoms with Crippen LogP contribution in [0.3, 0.4) is 0 Å². The van der Waals surface area contributed by atoms with Crippen LogP contribution in [0.25, 0.3) is 0 Å². The average Bonchev–Trinajstić information content (AvgIpc) is 2.85. The van der Waals surface area contributed by atoms with Crippen LogP contribution in [-0.2, 0) is 11.2 Å². The molecule has 0 aliphatic heterocycles. The summed E-state index contributed by atoms with van der Waals surface area (Å²) in [7, 11) is 0. The van der Waals surface area contributed by atoms with Crippen molar-refractivity contribution >= 4 is 17.8 Å². The Bertz CT molecular complexity index is 1030. The zero-order chi connectivity index (χ0) is 24.7. The number of rotatable bonds is 9. The number of benzene rings is 2. The second kappa shape index (κ2) is 11.6. The Hall–Kier alpha value is -3.49. The van der Waals surface area contributed by atoms with Gasteiger partial charge in [-0.15, -0.1) is 0 Å². The predicted octanol–water partition coefficient (Wildman–Crippen LogP) is 3.71. The van der Waals surface area contributed by atoms with Crippen molar-refractivity contribution in [3.63, 3.8) is 0 Å². The molecular weight excluding hydrogens is 446 g/mol. The second-order valence-electron chi connectivity index (χ2n) is 8.23. The molecule has 0 aromatic heterocycles. The summed E-state index contributed by atoms with van der Waals surface area (Å²) in [6, 6.07) is 9.49. The lowest BCUT2D eigenvalue weighted by Gasteiger charge is -2.27. The van der Waals surface area contributed by atoms with Gasteiger partial charge in [0.25, 0.3) is 11.8 Å². The minimum atomic E-state index is -1.32. The first-order valence-electron chi connectivity index (χ1n) is 11.3. The summed E-state index contributed by atoms with van der Waals surface area (Å²) in [5.74, 6) is -5.32. The Morgan fingerprint density at radius 3 is 2.12 bits per heavy atom. The van der Waals surface area contributed by atoms with Crippen LogP contribution in [0.4, 0.5) is 8.78 Å². The minimum absolute atomic E-state index is 0.0315. The normalized spacial score (nSPS) is 17.6. The Balaban J connectivity index is 1.48. The van der Waals surface area contributed by atoms with Crippen molar-refractivity contribution in [1.82, 2.24) is 10.6 Å².